The number of nitrogens with zero attached hydrogens (tertiary/aromatic N) is 1. The Morgan fingerprint density at radius 3 is 2.93 bits per heavy atom. The molecule has 0 spiro atoms. The molecule has 1 saturated heterocycles. The number of hydrogen-bond donors (Lipinski definition) is 0. The summed E-state index contributed by atoms with van der Waals surface area (Å²) in [6, 6.07) is 4.05. The van der Waals surface area contributed by atoms with Gasteiger partial charge in [-0.2, -0.15) is 0 Å². The van der Waals surface area contributed by atoms with Crippen LogP contribution in [0.25, 0.3) is 0 Å². The van der Waals surface area contributed by atoms with Gasteiger partial charge in [0.2, 0.25) is 10.0 Å². The van der Waals surface area contributed by atoms with Crippen molar-refractivity contribution in [1.82, 2.24) is 4.31 Å². The third kappa shape index (κ3) is 2.16. The van der Waals surface area contributed by atoms with Crippen LogP contribution in [0.4, 0.5) is 0 Å². The van der Waals surface area contributed by atoms with Crippen LogP contribution in [0, 0.1) is 0 Å². The quantitative estimate of drug-likeness (QED) is 0.787. The van der Waals surface area contributed by atoms with E-state index in [1.165, 1.54) is 4.88 Å². The van der Waals surface area contributed by atoms with Crippen molar-refractivity contribution in [3.8, 4) is 0 Å². The van der Waals surface area contributed by atoms with E-state index in [1.807, 2.05) is 17.5 Å². The van der Waals surface area contributed by atoms with Crippen LogP contribution in [0.15, 0.2) is 17.5 Å². The minimum atomic E-state index is -2.90. The molecule has 0 unspecified atom stereocenters. The van der Waals surface area contributed by atoms with E-state index in [1.54, 1.807) is 15.6 Å². The normalized spacial score (nSPS) is 21.4. The lowest BCUT2D eigenvalue weighted by Crippen LogP contribution is -2.27. The average molecular weight is 231 g/mol. The minimum absolute atomic E-state index is 0.331. The van der Waals surface area contributed by atoms with Crippen molar-refractivity contribution in [3.63, 3.8) is 0 Å². The summed E-state index contributed by atoms with van der Waals surface area (Å²) < 4.78 is 24.5. The summed E-state index contributed by atoms with van der Waals surface area (Å²) >= 11 is 1.68. The van der Waals surface area contributed by atoms with Crippen molar-refractivity contribution in [1.29, 1.82) is 0 Å². The zero-order chi connectivity index (χ0) is 10.0. The summed E-state index contributed by atoms with van der Waals surface area (Å²) in [5, 5.41) is 2.02. The van der Waals surface area contributed by atoms with Gasteiger partial charge in [-0.3, -0.25) is 0 Å². The Labute approximate surface area is 88.4 Å². The van der Waals surface area contributed by atoms with E-state index in [0.717, 1.165) is 12.8 Å². The fraction of sp³-hybridized carbons (Fsp3) is 0.556. The molecule has 0 aliphatic carbocycles. The van der Waals surface area contributed by atoms with Crippen molar-refractivity contribution < 1.29 is 8.42 Å². The van der Waals surface area contributed by atoms with E-state index >= 15 is 0 Å². The van der Waals surface area contributed by atoms with Crippen LogP contribution >= 0.6 is 11.3 Å². The van der Waals surface area contributed by atoms with E-state index in [-0.39, 0.29) is 0 Å². The Bertz CT molecular complexity index is 383. The van der Waals surface area contributed by atoms with Crippen molar-refractivity contribution >= 4 is 21.4 Å². The van der Waals surface area contributed by atoms with Gasteiger partial charge in [-0.05, 0) is 24.3 Å². The first-order valence-corrected chi connectivity index (χ1v) is 7.17. The van der Waals surface area contributed by atoms with E-state index in [4.69, 9.17) is 0 Å². The van der Waals surface area contributed by atoms with Crippen LogP contribution in [-0.2, 0) is 16.4 Å². The predicted octanol–water partition coefficient (Wildman–Crippen LogP) is 1.33. The van der Waals surface area contributed by atoms with Gasteiger partial charge in [0.1, 0.15) is 0 Å². The summed E-state index contributed by atoms with van der Waals surface area (Å²) in [7, 11) is -2.90. The van der Waals surface area contributed by atoms with Gasteiger partial charge in [0.15, 0.2) is 0 Å². The highest BCUT2D eigenvalue weighted by atomic mass is 32.2. The molecule has 3 nitrogen and oxygen atoms in total. The largest absolute Gasteiger partial charge is 0.214 e. The molecule has 1 aliphatic rings. The molecular weight excluding hydrogens is 218 g/mol. The van der Waals surface area contributed by atoms with Gasteiger partial charge in [-0.15, -0.1) is 11.3 Å². The maximum atomic E-state index is 11.5. The van der Waals surface area contributed by atoms with E-state index < -0.39 is 10.0 Å². The highest BCUT2D eigenvalue weighted by Gasteiger charge is 2.27. The second-order valence-electron chi connectivity index (χ2n) is 3.40. The molecule has 2 heterocycles. The smallest absolute Gasteiger partial charge is 0.212 e. The van der Waals surface area contributed by atoms with Gasteiger partial charge in [-0.1, -0.05) is 6.07 Å². The summed E-state index contributed by atoms with van der Waals surface area (Å²) in [4.78, 5) is 1.26. The second kappa shape index (κ2) is 4.00. The van der Waals surface area contributed by atoms with Crippen molar-refractivity contribution in [2.75, 3.05) is 18.8 Å². The van der Waals surface area contributed by atoms with Gasteiger partial charge in [0, 0.05) is 18.0 Å². The molecule has 0 radical (unpaired) electrons. The lowest BCUT2D eigenvalue weighted by Gasteiger charge is -2.12. The lowest BCUT2D eigenvalue weighted by molar-refractivity contribution is 0.448. The number of sulfonamides is 1. The Morgan fingerprint density at radius 1 is 1.50 bits per heavy atom. The zero-order valence-corrected chi connectivity index (χ0v) is 9.48. The molecule has 14 heavy (non-hydrogen) atoms. The molecule has 78 valence electrons. The van der Waals surface area contributed by atoms with E-state index in [0.29, 0.717) is 18.8 Å². The third-order valence-electron chi connectivity index (χ3n) is 2.39. The van der Waals surface area contributed by atoms with Crippen LogP contribution in [0.3, 0.4) is 0 Å². The number of hydrogen-bond acceptors (Lipinski definition) is 3. The zero-order valence-electron chi connectivity index (χ0n) is 7.85. The van der Waals surface area contributed by atoms with Gasteiger partial charge in [-0.25, -0.2) is 12.7 Å². The van der Waals surface area contributed by atoms with Crippen LogP contribution in [0.1, 0.15) is 11.3 Å². The number of thiophene rings is 1. The second-order valence-corrected chi connectivity index (χ2v) is 6.52. The van der Waals surface area contributed by atoms with E-state index in [9.17, 15) is 8.42 Å². The summed E-state index contributed by atoms with van der Waals surface area (Å²) in [5.74, 6) is 0.331. The van der Waals surface area contributed by atoms with Gasteiger partial charge in [0.05, 0.1) is 5.75 Å². The van der Waals surface area contributed by atoms with Gasteiger partial charge in [0.25, 0.3) is 0 Å². The Hall–Kier alpha value is -0.390. The molecule has 0 atom stereocenters. The maximum absolute atomic E-state index is 11.5. The van der Waals surface area contributed by atoms with Crippen LogP contribution in [0.2, 0.25) is 0 Å². The average Bonchev–Trinajstić information content (AvgIpc) is 2.71. The molecule has 0 amide bonds. The monoisotopic (exact) mass is 231 g/mol. The summed E-state index contributed by atoms with van der Waals surface area (Å²) in [6.07, 6.45) is 1.63. The van der Waals surface area contributed by atoms with Crippen molar-refractivity contribution in [2.24, 2.45) is 0 Å². The lowest BCUT2D eigenvalue weighted by atomic mass is 10.3. The molecule has 0 aromatic carbocycles. The highest BCUT2D eigenvalue weighted by Crippen LogP contribution is 2.16. The first-order chi connectivity index (χ1) is 6.68. The third-order valence-corrected chi connectivity index (χ3v) is 5.28. The maximum Gasteiger partial charge on any atom is 0.214 e. The van der Waals surface area contributed by atoms with Gasteiger partial charge >= 0.3 is 0 Å². The standard InChI is InChI=1S/C9H13NO2S2/c11-14(12)8-2-5-10(14)6-4-9-3-1-7-13-9/h1,3,7H,2,4-6,8H2. The molecule has 0 N–H and O–H groups in total. The Balaban J connectivity index is 1.93. The molecule has 5 heteroatoms. The summed E-state index contributed by atoms with van der Waals surface area (Å²) in [6.45, 7) is 1.34. The fourth-order valence-corrected chi connectivity index (χ4v) is 3.86. The fourth-order valence-electron chi connectivity index (χ4n) is 1.63. The topological polar surface area (TPSA) is 37.4 Å². The van der Waals surface area contributed by atoms with Crippen LogP contribution in [-0.4, -0.2) is 31.6 Å². The molecule has 1 aromatic rings. The van der Waals surface area contributed by atoms with Crippen LogP contribution in [0.5, 0.6) is 0 Å². The van der Waals surface area contributed by atoms with Crippen molar-refractivity contribution in [2.45, 2.75) is 12.8 Å². The Morgan fingerprint density at radius 2 is 2.36 bits per heavy atom. The summed E-state index contributed by atoms with van der Waals surface area (Å²) in [5.41, 5.74) is 0. The molecule has 0 bridgehead atoms. The van der Waals surface area contributed by atoms with E-state index in [2.05, 4.69) is 0 Å². The molecular formula is C9H13NO2S2. The molecule has 0 saturated carbocycles. The first kappa shape index (κ1) is 10.1. The SMILES string of the molecule is O=S1(=O)CCCN1CCc1cccs1. The minimum Gasteiger partial charge on any atom is -0.212 e. The molecule has 1 fully saturated rings. The molecule has 1 aliphatic heterocycles. The Kier molecular flexibility index (Phi) is 2.90. The first-order valence-electron chi connectivity index (χ1n) is 4.69. The molecule has 2 rings (SSSR count). The predicted molar refractivity (Wildman–Crippen MR) is 58.0 cm³/mol. The van der Waals surface area contributed by atoms with Gasteiger partial charge < -0.3 is 0 Å². The highest BCUT2D eigenvalue weighted by molar-refractivity contribution is 7.89. The molecule has 1 aromatic heterocycles. The van der Waals surface area contributed by atoms with Crippen molar-refractivity contribution in [3.05, 3.63) is 22.4 Å². The number of rotatable bonds is 3. The van der Waals surface area contributed by atoms with Crippen LogP contribution < -0.4 is 0 Å².